The van der Waals surface area contributed by atoms with Crippen LogP contribution in [-0.4, -0.2) is 30.6 Å². The second kappa shape index (κ2) is 2.81. The van der Waals surface area contributed by atoms with Gasteiger partial charge in [0.1, 0.15) is 6.54 Å². The molecule has 2 amide bonds. The molecule has 69 valence electrons. The molecule has 0 saturated carbocycles. The normalized spacial score (nSPS) is 24.5. The van der Waals surface area contributed by atoms with Crippen LogP contribution in [0.25, 0.3) is 0 Å². The highest BCUT2D eigenvalue weighted by atomic mass is 19.4. The van der Waals surface area contributed by atoms with Crippen molar-refractivity contribution in [3.8, 4) is 0 Å². The summed E-state index contributed by atoms with van der Waals surface area (Å²) in [4.78, 5) is 11.4. The molecule has 0 aromatic carbocycles. The fourth-order valence-electron chi connectivity index (χ4n) is 0.722. The van der Waals surface area contributed by atoms with E-state index in [1.807, 2.05) is 0 Å². The minimum Gasteiger partial charge on any atom is -0.328 e. The number of ether oxygens (including phenoxy) is 1. The molecule has 1 saturated heterocycles. The van der Waals surface area contributed by atoms with Crippen molar-refractivity contribution >= 4 is 6.03 Å². The molecule has 4 nitrogen and oxygen atoms in total. The fraction of sp³-hybridized carbons (Fsp3) is 0.600. The minimum atomic E-state index is -4.73. The maximum absolute atomic E-state index is 11.6. The van der Waals surface area contributed by atoms with E-state index in [2.05, 4.69) is 10.1 Å². The average molecular weight is 183 g/mol. The van der Waals surface area contributed by atoms with E-state index in [9.17, 15) is 18.0 Å². The second-order valence-corrected chi connectivity index (χ2v) is 2.18. The van der Waals surface area contributed by atoms with Crippen molar-refractivity contribution < 1.29 is 22.7 Å². The van der Waals surface area contributed by atoms with Crippen molar-refractivity contribution in [2.75, 3.05) is 7.05 Å². The van der Waals surface area contributed by atoms with Gasteiger partial charge in [-0.3, -0.25) is 9.64 Å². The van der Waals surface area contributed by atoms with Gasteiger partial charge in [0.2, 0.25) is 0 Å². The zero-order valence-electron chi connectivity index (χ0n) is 6.05. The van der Waals surface area contributed by atoms with Gasteiger partial charge < -0.3 is 5.32 Å². The molecule has 0 aromatic heterocycles. The number of hydrogen-bond donors (Lipinski definition) is 1. The van der Waals surface area contributed by atoms with Crippen molar-refractivity contribution in [1.82, 2.24) is 10.2 Å². The van der Waals surface area contributed by atoms with Crippen LogP contribution in [0.15, 0.2) is 0 Å². The smallest absolute Gasteiger partial charge is 0.328 e. The average Bonchev–Trinajstić information content (AvgIpc) is 2.16. The van der Waals surface area contributed by atoms with Crippen LogP contribution in [-0.2, 0) is 4.74 Å². The quantitative estimate of drug-likeness (QED) is 0.649. The Morgan fingerprint density at radius 3 is 2.58 bits per heavy atom. The maximum Gasteiger partial charge on any atom is 0.524 e. The summed E-state index contributed by atoms with van der Waals surface area (Å²) in [6.07, 6.45) is -6.11. The molecule has 0 spiro atoms. The SMILES string of the molecule is CN1C(=O)N[CH]C1OC(F)(F)F. The topological polar surface area (TPSA) is 41.6 Å². The molecule has 1 unspecified atom stereocenters. The van der Waals surface area contributed by atoms with Gasteiger partial charge in [-0.25, -0.2) is 4.79 Å². The van der Waals surface area contributed by atoms with Crippen LogP contribution in [0, 0.1) is 6.54 Å². The van der Waals surface area contributed by atoms with Crippen molar-refractivity contribution in [2.45, 2.75) is 12.6 Å². The molecule has 7 heteroatoms. The third kappa shape index (κ3) is 2.00. The largest absolute Gasteiger partial charge is 0.524 e. The number of nitrogens with zero attached hydrogens (tertiary/aromatic N) is 1. The second-order valence-electron chi connectivity index (χ2n) is 2.18. The van der Waals surface area contributed by atoms with Gasteiger partial charge in [-0.1, -0.05) is 0 Å². The molecular weight excluding hydrogens is 177 g/mol. The van der Waals surface area contributed by atoms with Gasteiger partial charge in [0.15, 0.2) is 6.23 Å². The van der Waals surface area contributed by atoms with Gasteiger partial charge in [0.25, 0.3) is 0 Å². The molecular formula is C5H6F3N2O2. The summed E-state index contributed by atoms with van der Waals surface area (Å²) in [5, 5.41) is 2.08. The first kappa shape index (κ1) is 9.11. The molecule has 1 rings (SSSR count). The highest BCUT2D eigenvalue weighted by Gasteiger charge is 2.39. The first-order valence-corrected chi connectivity index (χ1v) is 3.01. The van der Waals surface area contributed by atoms with Gasteiger partial charge in [-0.2, -0.15) is 0 Å². The van der Waals surface area contributed by atoms with Crippen molar-refractivity contribution in [2.24, 2.45) is 0 Å². The van der Waals surface area contributed by atoms with Crippen LogP contribution in [0.3, 0.4) is 0 Å². The third-order valence-electron chi connectivity index (χ3n) is 1.31. The number of halogens is 3. The predicted octanol–water partition coefficient (Wildman–Crippen LogP) is 0.666. The fourth-order valence-corrected chi connectivity index (χ4v) is 0.722. The Kier molecular flexibility index (Phi) is 2.14. The zero-order chi connectivity index (χ0) is 9.35. The van der Waals surface area contributed by atoms with E-state index >= 15 is 0 Å². The van der Waals surface area contributed by atoms with Crippen molar-refractivity contribution in [3.05, 3.63) is 6.54 Å². The number of hydrogen-bond acceptors (Lipinski definition) is 2. The number of alkyl halides is 3. The first-order chi connectivity index (χ1) is 5.40. The summed E-state index contributed by atoms with van der Waals surface area (Å²) in [7, 11) is 1.20. The summed E-state index contributed by atoms with van der Waals surface area (Å²) >= 11 is 0. The van der Waals surface area contributed by atoms with E-state index < -0.39 is 18.6 Å². The molecule has 1 atom stereocenters. The predicted molar refractivity (Wildman–Crippen MR) is 31.5 cm³/mol. The van der Waals surface area contributed by atoms with Crippen LogP contribution in [0.4, 0.5) is 18.0 Å². The van der Waals surface area contributed by atoms with Crippen LogP contribution < -0.4 is 5.32 Å². The minimum absolute atomic E-state index is 0.621. The number of carbonyl (C=O) groups is 1. The number of likely N-dealkylation sites (N-methyl/N-ethyl adjacent to an activating group) is 1. The highest BCUT2D eigenvalue weighted by molar-refractivity contribution is 5.77. The Hall–Kier alpha value is -0.980. The molecule has 1 fully saturated rings. The van der Waals surface area contributed by atoms with E-state index in [4.69, 9.17) is 0 Å². The molecule has 0 aromatic rings. The van der Waals surface area contributed by atoms with Gasteiger partial charge in [-0.05, 0) is 0 Å². The third-order valence-corrected chi connectivity index (χ3v) is 1.31. The Balaban J connectivity index is 2.50. The molecule has 1 radical (unpaired) electrons. The van der Waals surface area contributed by atoms with Crippen molar-refractivity contribution in [1.29, 1.82) is 0 Å². The van der Waals surface area contributed by atoms with Gasteiger partial charge in [0, 0.05) is 7.05 Å². The van der Waals surface area contributed by atoms with Crippen LogP contribution in [0.1, 0.15) is 0 Å². The Bertz CT molecular complexity index is 194. The van der Waals surface area contributed by atoms with Gasteiger partial charge >= 0.3 is 12.4 Å². The lowest BCUT2D eigenvalue weighted by Crippen LogP contribution is -2.35. The van der Waals surface area contributed by atoms with Gasteiger partial charge in [-0.15, -0.1) is 13.2 Å². The van der Waals surface area contributed by atoms with Crippen LogP contribution >= 0.6 is 0 Å². The summed E-state index contributed by atoms with van der Waals surface area (Å²) in [6, 6.07) is -0.621. The monoisotopic (exact) mass is 183 g/mol. The lowest BCUT2D eigenvalue weighted by molar-refractivity contribution is -0.348. The zero-order valence-corrected chi connectivity index (χ0v) is 6.05. The molecule has 0 aliphatic carbocycles. The van der Waals surface area contributed by atoms with Crippen LogP contribution in [0.5, 0.6) is 0 Å². The maximum atomic E-state index is 11.6. The van der Waals surface area contributed by atoms with E-state index in [0.717, 1.165) is 11.4 Å². The van der Waals surface area contributed by atoms with E-state index in [1.165, 1.54) is 7.05 Å². The number of carbonyl (C=O) groups excluding carboxylic acids is 1. The number of nitrogens with one attached hydrogen (secondary N) is 1. The van der Waals surface area contributed by atoms with Crippen LogP contribution in [0.2, 0.25) is 0 Å². The lowest BCUT2D eigenvalue weighted by Gasteiger charge is -2.18. The Morgan fingerprint density at radius 2 is 2.25 bits per heavy atom. The molecule has 1 N–H and O–H groups in total. The standard InChI is InChI=1S/C5H6F3N2O2/c1-10-3(2-9-4(10)11)12-5(6,7)8/h2-3H,1H3,(H,9,11). The summed E-state index contributed by atoms with van der Waals surface area (Å²) < 4.78 is 38.4. The van der Waals surface area contributed by atoms with Crippen molar-refractivity contribution in [3.63, 3.8) is 0 Å². The lowest BCUT2D eigenvalue weighted by atomic mass is 10.6. The summed E-state index contributed by atoms with van der Waals surface area (Å²) in [5.74, 6) is 0. The number of rotatable bonds is 1. The molecule has 1 aliphatic heterocycles. The molecule has 1 heterocycles. The first-order valence-electron chi connectivity index (χ1n) is 3.01. The highest BCUT2D eigenvalue weighted by Crippen LogP contribution is 2.22. The molecule has 0 bridgehead atoms. The Labute approximate surface area is 66.3 Å². The summed E-state index contributed by atoms with van der Waals surface area (Å²) in [5.41, 5.74) is 0. The van der Waals surface area contributed by atoms with E-state index in [-0.39, 0.29) is 0 Å². The van der Waals surface area contributed by atoms with E-state index in [0.29, 0.717) is 0 Å². The van der Waals surface area contributed by atoms with E-state index in [1.54, 1.807) is 0 Å². The number of amides is 2. The number of urea groups is 1. The Morgan fingerprint density at radius 1 is 1.67 bits per heavy atom. The molecule has 1 aliphatic rings. The molecule has 12 heavy (non-hydrogen) atoms. The summed E-state index contributed by atoms with van der Waals surface area (Å²) in [6.45, 7) is 0.926. The van der Waals surface area contributed by atoms with Gasteiger partial charge in [0.05, 0.1) is 0 Å².